The van der Waals surface area contributed by atoms with Crippen LogP contribution in [0, 0.1) is 0 Å². The molecule has 0 fully saturated rings. The Kier molecular flexibility index (Phi) is 5.29. The number of carbonyl (C=O) groups is 1. The zero-order valence-corrected chi connectivity index (χ0v) is 15.2. The van der Waals surface area contributed by atoms with Gasteiger partial charge in [0.1, 0.15) is 18.3 Å². The molecule has 0 bridgehead atoms. The second-order valence-corrected chi connectivity index (χ2v) is 6.43. The van der Waals surface area contributed by atoms with E-state index in [-0.39, 0.29) is 6.61 Å². The van der Waals surface area contributed by atoms with Crippen LogP contribution in [0.3, 0.4) is 0 Å². The van der Waals surface area contributed by atoms with Crippen LogP contribution in [0.2, 0.25) is 0 Å². The number of hydrogen-bond acceptors (Lipinski definition) is 4. The van der Waals surface area contributed by atoms with Crippen LogP contribution in [-0.4, -0.2) is 21.1 Å². The van der Waals surface area contributed by atoms with Gasteiger partial charge in [0, 0.05) is 6.42 Å². The van der Waals surface area contributed by atoms with Crippen LogP contribution in [0.15, 0.2) is 84.9 Å². The summed E-state index contributed by atoms with van der Waals surface area (Å²) in [5, 5.41) is 11.4. The van der Waals surface area contributed by atoms with Crippen LogP contribution in [0.1, 0.15) is 17.3 Å². The molecule has 6 nitrogen and oxygen atoms in total. The van der Waals surface area contributed by atoms with Gasteiger partial charge >= 0.3 is 6.09 Å². The van der Waals surface area contributed by atoms with Crippen LogP contribution in [0.25, 0.3) is 11.0 Å². The lowest BCUT2D eigenvalue weighted by Gasteiger charge is -2.19. The Hall–Kier alpha value is -3.67. The molecular weight excluding hydrogens is 352 g/mol. The molecule has 1 atom stereocenters. The highest BCUT2D eigenvalue weighted by Crippen LogP contribution is 2.18. The van der Waals surface area contributed by atoms with Crippen molar-refractivity contribution in [3.05, 3.63) is 96.1 Å². The molecule has 1 aromatic heterocycles. The van der Waals surface area contributed by atoms with E-state index in [1.165, 1.54) is 0 Å². The van der Waals surface area contributed by atoms with Crippen molar-refractivity contribution in [1.29, 1.82) is 0 Å². The summed E-state index contributed by atoms with van der Waals surface area (Å²) >= 11 is 0. The fraction of sp³-hybridized carbons (Fsp3) is 0.136. The number of hydrogen-bond donors (Lipinski definition) is 1. The van der Waals surface area contributed by atoms with Crippen molar-refractivity contribution in [3.8, 4) is 0 Å². The summed E-state index contributed by atoms with van der Waals surface area (Å²) in [6.45, 7) is 0.211. The molecule has 140 valence electrons. The van der Waals surface area contributed by atoms with E-state index in [1.54, 1.807) is 4.68 Å². The smallest absolute Gasteiger partial charge is 0.409 e. The molecule has 1 amide bonds. The maximum Gasteiger partial charge on any atom is 0.409 e. The maximum absolute atomic E-state index is 12.5. The number of fused-ring (bicyclic) bond motifs is 1. The van der Waals surface area contributed by atoms with Crippen molar-refractivity contribution in [2.45, 2.75) is 19.2 Å². The Bertz CT molecular complexity index is 1050. The molecule has 0 aliphatic heterocycles. The fourth-order valence-corrected chi connectivity index (χ4v) is 3.05. The summed E-state index contributed by atoms with van der Waals surface area (Å²) in [5.74, 6) is 0. The van der Waals surface area contributed by atoms with E-state index in [4.69, 9.17) is 4.74 Å². The van der Waals surface area contributed by atoms with Gasteiger partial charge in [0.25, 0.3) is 0 Å². The summed E-state index contributed by atoms with van der Waals surface area (Å²) < 4.78 is 7.12. The minimum atomic E-state index is -0.496. The molecule has 0 spiro atoms. The van der Waals surface area contributed by atoms with Crippen molar-refractivity contribution in [2.24, 2.45) is 0 Å². The van der Waals surface area contributed by atoms with Gasteiger partial charge in [-0.3, -0.25) is 5.32 Å². The number of benzene rings is 3. The van der Waals surface area contributed by atoms with Gasteiger partial charge in [-0.1, -0.05) is 78.0 Å². The molecule has 4 rings (SSSR count). The van der Waals surface area contributed by atoms with E-state index in [1.807, 2.05) is 84.9 Å². The summed E-state index contributed by atoms with van der Waals surface area (Å²) in [6, 6.07) is 27.2. The first-order chi connectivity index (χ1) is 13.8. The molecule has 1 N–H and O–H groups in total. The Labute approximate surface area is 162 Å². The molecular formula is C22H20N4O2. The highest BCUT2D eigenvalue weighted by atomic mass is 16.5. The van der Waals surface area contributed by atoms with E-state index < -0.39 is 12.3 Å². The molecule has 3 aromatic carbocycles. The molecule has 0 saturated carbocycles. The molecule has 6 heteroatoms. The Morgan fingerprint density at radius 1 is 0.893 bits per heavy atom. The monoisotopic (exact) mass is 372 g/mol. The van der Waals surface area contributed by atoms with Crippen molar-refractivity contribution < 1.29 is 9.53 Å². The topological polar surface area (TPSA) is 69.0 Å². The molecule has 0 saturated heterocycles. The SMILES string of the molecule is O=C(NC(Cc1ccccc1)n1nnc2ccccc21)OCc1ccccc1. The maximum atomic E-state index is 12.5. The minimum Gasteiger partial charge on any atom is -0.445 e. The van der Waals surface area contributed by atoms with Gasteiger partial charge < -0.3 is 4.74 Å². The molecule has 0 radical (unpaired) electrons. The van der Waals surface area contributed by atoms with Crippen LogP contribution in [-0.2, 0) is 17.8 Å². The number of rotatable bonds is 6. The van der Waals surface area contributed by atoms with Gasteiger partial charge in [-0.2, -0.15) is 0 Å². The lowest BCUT2D eigenvalue weighted by Crippen LogP contribution is -2.35. The fourth-order valence-electron chi connectivity index (χ4n) is 3.05. The number of alkyl carbamates (subject to hydrolysis) is 1. The molecule has 1 unspecified atom stereocenters. The van der Waals surface area contributed by atoms with E-state index >= 15 is 0 Å². The molecule has 1 heterocycles. The largest absolute Gasteiger partial charge is 0.445 e. The summed E-state index contributed by atoms with van der Waals surface area (Å²) in [7, 11) is 0. The molecule has 4 aromatic rings. The molecule has 0 aliphatic carbocycles. The normalized spacial score (nSPS) is 11.9. The zero-order chi connectivity index (χ0) is 19.2. The third kappa shape index (κ3) is 4.17. The second kappa shape index (κ2) is 8.35. The van der Waals surface area contributed by atoms with Gasteiger partial charge in [-0.25, -0.2) is 9.48 Å². The molecule has 0 aliphatic rings. The number of para-hydroxylation sites is 1. The Morgan fingerprint density at radius 2 is 1.54 bits per heavy atom. The Morgan fingerprint density at radius 3 is 2.29 bits per heavy atom. The zero-order valence-electron chi connectivity index (χ0n) is 15.2. The first-order valence-corrected chi connectivity index (χ1v) is 9.11. The van der Waals surface area contributed by atoms with E-state index in [0.717, 1.165) is 22.2 Å². The van der Waals surface area contributed by atoms with Crippen molar-refractivity contribution >= 4 is 17.1 Å². The van der Waals surface area contributed by atoms with E-state index in [2.05, 4.69) is 15.6 Å². The predicted molar refractivity (Wildman–Crippen MR) is 106 cm³/mol. The number of aromatic nitrogens is 3. The lowest BCUT2D eigenvalue weighted by atomic mass is 10.1. The van der Waals surface area contributed by atoms with Gasteiger partial charge in [-0.05, 0) is 23.3 Å². The average Bonchev–Trinajstić information content (AvgIpc) is 3.17. The second-order valence-electron chi connectivity index (χ2n) is 6.43. The van der Waals surface area contributed by atoms with E-state index in [9.17, 15) is 4.79 Å². The summed E-state index contributed by atoms with van der Waals surface area (Å²) in [4.78, 5) is 12.5. The van der Waals surface area contributed by atoms with Gasteiger partial charge in [-0.15, -0.1) is 5.10 Å². The lowest BCUT2D eigenvalue weighted by molar-refractivity contribution is 0.130. The number of carbonyl (C=O) groups excluding carboxylic acids is 1. The quantitative estimate of drug-likeness (QED) is 0.553. The van der Waals surface area contributed by atoms with Crippen LogP contribution >= 0.6 is 0 Å². The standard InChI is InChI=1S/C22H20N4O2/c27-22(28-16-18-11-5-2-6-12-18)23-21(15-17-9-3-1-4-10-17)26-20-14-8-7-13-19(20)24-25-26/h1-14,21H,15-16H2,(H,23,27). The average molecular weight is 372 g/mol. The van der Waals surface area contributed by atoms with Gasteiger partial charge in [0.2, 0.25) is 0 Å². The van der Waals surface area contributed by atoms with Crippen LogP contribution in [0.5, 0.6) is 0 Å². The Balaban J connectivity index is 1.53. The third-order valence-corrected chi connectivity index (χ3v) is 4.44. The molecule has 28 heavy (non-hydrogen) atoms. The number of ether oxygens (including phenoxy) is 1. The van der Waals surface area contributed by atoms with Crippen molar-refractivity contribution in [3.63, 3.8) is 0 Å². The summed E-state index contributed by atoms with van der Waals surface area (Å²) in [6.07, 6.45) is -0.350. The van der Waals surface area contributed by atoms with Crippen LogP contribution < -0.4 is 5.32 Å². The van der Waals surface area contributed by atoms with Gasteiger partial charge in [0.15, 0.2) is 0 Å². The third-order valence-electron chi connectivity index (χ3n) is 4.44. The van der Waals surface area contributed by atoms with Crippen molar-refractivity contribution in [1.82, 2.24) is 20.3 Å². The summed E-state index contributed by atoms with van der Waals surface area (Å²) in [5.41, 5.74) is 3.64. The number of amides is 1. The first kappa shape index (κ1) is 17.7. The number of nitrogens with one attached hydrogen (secondary N) is 1. The van der Waals surface area contributed by atoms with Crippen molar-refractivity contribution in [2.75, 3.05) is 0 Å². The van der Waals surface area contributed by atoms with Gasteiger partial charge in [0.05, 0.1) is 5.52 Å². The minimum absolute atomic E-state index is 0.211. The predicted octanol–water partition coefficient (Wildman–Crippen LogP) is 4.10. The first-order valence-electron chi connectivity index (χ1n) is 9.11. The number of nitrogens with zero attached hydrogens (tertiary/aromatic N) is 3. The van der Waals surface area contributed by atoms with Crippen LogP contribution in [0.4, 0.5) is 4.79 Å². The van der Waals surface area contributed by atoms with E-state index in [0.29, 0.717) is 6.42 Å². The highest BCUT2D eigenvalue weighted by molar-refractivity contribution is 5.74. The highest BCUT2D eigenvalue weighted by Gasteiger charge is 2.19.